The van der Waals surface area contributed by atoms with Crippen LogP contribution in [-0.4, -0.2) is 25.1 Å². The normalized spacial score (nSPS) is 12.0. The average molecular weight is 343 g/mol. The first-order chi connectivity index (χ1) is 9.58. The Morgan fingerprint density at radius 1 is 1.50 bits per heavy atom. The molecule has 0 heterocycles. The third kappa shape index (κ3) is 5.51. The Bertz CT molecular complexity index is 438. The average Bonchev–Trinajstić information content (AvgIpc) is 2.43. The van der Waals surface area contributed by atoms with E-state index in [0.29, 0.717) is 18.8 Å². The minimum Gasteiger partial charge on any atom is -0.481 e. The second kappa shape index (κ2) is 8.97. The molecule has 4 nitrogen and oxygen atoms in total. The van der Waals surface area contributed by atoms with Crippen LogP contribution in [0.2, 0.25) is 0 Å². The number of hydrogen-bond acceptors (Lipinski definition) is 3. The first-order valence-electron chi connectivity index (χ1n) is 7.01. The Morgan fingerprint density at radius 3 is 2.90 bits per heavy atom. The number of amides is 1. The Hall–Kier alpha value is -1.07. The van der Waals surface area contributed by atoms with Crippen LogP contribution in [-0.2, 0) is 11.2 Å². The number of carbonyl (C=O) groups excluding carboxylic acids is 1. The van der Waals surface area contributed by atoms with Crippen molar-refractivity contribution in [2.24, 2.45) is 5.73 Å². The van der Waals surface area contributed by atoms with E-state index in [1.807, 2.05) is 18.2 Å². The van der Waals surface area contributed by atoms with Crippen LogP contribution in [0.3, 0.4) is 0 Å². The molecule has 0 saturated heterocycles. The number of unbranched alkanes of at least 4 members (excludes halogenated alkanes) is 1. The van der Waals surface area contributed by atoms with Gasteiger partial charge in [0.2, 0.25) is 0 Å². The van der Waals surface area contributed by atoms with E-state index in [4.69, 9.17) is 10.5 Å². The molecule has 1 atom stereocenters. The van der Waals surface area contributed by atoms with Gasteiger partial charge in [0.15, 0.2) is 6.10 Å². The van der Waals surface area contributed by atoms with E-state index in [0.717, 1.165) is 29.3 Å². The highest BCUT2D eigenvalue weighted by atomic mass is 79.9. The van der Waals surface area contributed by atoms with Crippen LogP contribution >= 0.6 is 15.9 Å². The van der Waals surface area contributed by atoms with Gasteiger partial charge in [0.1, 0.15) is 5.75 Å². The lowest BCUT2D eigenvalue weighted by atomic mass is 10.1. The molecule has 5 heteroatoms. The zero-order valence-corrected chi connectivity index (χ0v) is 13.7. The topological polar surface area (TPSA) is 64.3 Å². The first-order valence-corrected chi connectivity index (χ1v) is 7.80. The van der Waals surface area contributed by atoms with Gasteiger partial charge in [-0.15, -0.1) is 0 Å². The van der Waals surface area contributed by atoms with E-state index in [9.17, 15) is 4.79 Å². The fourth-order valence-corrected chi connectivity index (χ4v) is 2.21. The molecule has 1 amide bonds. The third-order valence-electron chi connectivity index (χ3n) is 2.94. The Balaban J connectivity index is 2.58. The van der Waals surface area contributed by atoms with Gasteiger partial charge in [0.05, 0.1) is 0 Å². The number of hydrogen-bond donors (Lipinski definition) is 2. The molecule has 0 aliphatic carbocycles. The fraction of sp³-hybridized carbons (Fsp3) is 0.533. The Kier molecular flexibility index (Phi) is 7.62. The minimum absolute atomic E-state index is 0.0817. The van der Waals surface area contributed by atoms with E-state index >= 15 is 0 Å². The number of benzene rings is 1. The highest BCUT2D eigenvalue weighted by Gasteiger charge is 2.14. The molecule has 0 bridgehead atoms. The van der Waals surface area contributed by atoms with Crippen LogP contribution in [0.15, 0.2) is 22.7 Å². The number of rotatable bonds is 8. The van der Waals surface area contributed by atoms with Crippen molar-refractivity contribution in [3.8, 4) is 5.75 Å². The second-order valence-electron chi connectivity index (χ2n) is 4.70. The van der Waals surface area contributed by atoms with E-state index in [1.165, 1.54) is 0 Å². The zero-order valence-electron chi connectivity index (χ0n) is 12.1. The molecule has 0 radical (unpaired) electrons. The maximum atomic E-state index is 11.8. The van der Waals surface area contributed by atoms with Gasteiger partial charge < -0.3 is 15.8 Å². The maximum Gasteiger partial charge on any atom is 0.260 e. The molecule has 112 valence electrons. The largest absolute Gasteiger partial charge is 0.481 e. The van der Waals surface area contributed by atoms with Crippen LogP contribution < -0.4 is 15.8 Å². The van der Waals surface area contributed by atoms with Crippen LogP contribution in [0.4, 0.5) is 0 Å². The van der Waals surface area contributed by atoms with E-state index in [-0.39, 0.29) is 5.91 Å². The molecular weight excluding hydrogens is 320 g/mol. The van der Waals surface area contributed by atoms with Gasteiger partial charge in [-0.25, -0.2) is 0 Å². The van der Waals surface area contributed by atoms with Gasteiger partial charge in [-0.05, 0) is 50.1 Å². The summed E-state index contributed by atoms with van der Waals surface area (Å²) in [5.74, 6) is 0.608. The summed E-state index contributed by atoms with van der Waals surface area (Å²) in [6.07, 6.45) is 2.32. The van der Waals surface area contributed by atoms with Gasteiger partial charge in [-0.2, -0.15) is 0 Å². The summed E-state index contributed by atoms with van der Waals surface area (Å²) in [6.45, 7) is 5.12. The van der Waals surface area contributed by atoms with Gasteiger partial charge in [-0.3, -0.25) is 4.79 Å². The van der Waals surface area contributed by atoms with Crippen molar-refractivity contribution in [2.45, 2.75) is 39.2 Å². The van der Waals surface area contributed by atoms with E-state index in [1.54, 1.807) is 6.92 Å². The molecule has 0 aromatic heterocycles. The molecule has 0 fully saturated rings. The second-order valence-corrected chi connectivity index (χ2v) is 5.55. The SMILES string of the molecule is CCCCNC(=O)C(C)Oc1ccc(Br)c(CCN)c1. The number of carbonyl (C=O) groups is 1. The molecule has 20 heavy (non-hydrogen) atoms. The van der Waals surface area contributed by atoms with Crippen molar-refractivity contribution < 1.29 is 9.53 Å². The van der Waals surface area contributed by atoms with Crippen molar-refractivity contribution in [1.82, 2.24) is 5.32 Å². The Labute approximate surface area is 129 Å². The summed E-state index contributed by atoms with van der Waals surface area (Å²) in [5.41, 5.74) is 6.66. The first kappa shape index (κ1) is 17.0. The molecule has 3 N–H and O–H groups in total. The predicted octanol–water partition coefficient (Wildman–Crippen LogP) is 2.63. The third-order valence-corrected chi connectivity index (χ3v) is 3.72. The maximum absolute atomic E-state index is 11.8. The quantitative estimate of drug-likeness (QED) is 0.713. The summed E-state index contributed by atoms with van der Waals surface area (Å²) in [4.78, 5) is 11.8. The monoisotopic (exact) mass is 342 g/mol. The molecular formula is C15H23BrN2O2. The van der Waals surface area contributed by atoms with Crippen LogP contribution in [0.1, 0.15) is 32.3 Å². The van der Waals surface area contributed by atoms with Crippen molar-refractivity contribution >= 4 is 21.8 Å². The van der Waals surface area contributed by atoms with Crippen molar-refractivity contribution in [3.05, 3.63) is 28.2 Å². The number of halogens is 1. The van der Waals surface area contributed by atoms with E-state index in [2.05, 4.69) is 28.2 Å². The minimum atomic E-state index is -0.501. The van der Waals surface area contributed by atoms with Crippen LogP contribution in [0.5, 0.6) is 5.75 Å². The van der Waals surface area contributed by atoms with Gasteiger partial charge in [0.25, 0.3) is 5.91 Å². The summed E-state index contributed by atoms with van der Waals surface area (Å²) in [5, 5.41) is 2.86. The highest BCUT2D eigenvalue weighted by Crippen LogP contribution is 2.23. The standard InChI is InChI=1S/C15H23BrN2O2/c1-3-4-9-18-15(19)11(2)20-13-5-6-14(16)12(10-13)7-8-17/h5-6,10-11H,3-4,7-9,17H2,1-2H3,(H,18,19). The number of nitrogens with one attached hydrogen (secondary N) is 1. The molecule has 0 aliphatic heterocycles. The lowest BCUT2D eigenvalue weighted by molar-refractivity contribution is -0.127. The molecule has 1 aromatic carbocycles. The fourth-order valence-electron chi connectivity index (χ4n) is 1.76. The molecule has 0 spiro atoms. The predicted molar refractivity (Wildman–Crippen MR) is 84.9 cm³/mol. The zero-order chi connectivity index (χ0) is 15.0. The number of nitrogens with two attached hydrogens (primary N) is 1. The van der Waals surface area contributed by atoms with E-state index < -0.39 is 6.10 Å². The van der Waals surface area contributed by atoms with Crippen molar-refractivity contribution in [1.29, 1.82) is 0 Å². The Morgan fingerprint density at radius 2 is 2.25 bits per heavy atom. The smallest absolute Gasteiger partial charge is 0.260 e. The summed E-state index contributed by atoms with van der Waals surface area (Å²) in [7, 11) is 0. The highest BCUT2D eigenvalue weighted by molar-refractivity contribution is 9.10. The summed E-state index contributed by atoms with van der Waals surface area (Å²) < 4.78 is 6.68. The van der Waals surface area contributed by atoms with Gasteiger partial charge in [-0.1, -0.05) is 29.3 Å². The summed E-state index contributed by atoms with van der Waals surface area (Å²) >= 11 is 3.48. The summed E-state index contributed by atoms with van der Waals surface area (Å²) in [6, 6.07) is 5.69. The molecule has 1 unspecified atom stereocenters. The van der Waals surface area contributed by atoms with Crippen LogP contribution in [0.25, 0.3) is 0 Å². The lowest BCUT2D eigenvalue weighted by Crippen LogP contribution is -2.36. The van der Waals surface area contributed by atoms with Gasteiger partial charge in [0, 0.05) is 11.0 Å². The molecule has 0 aliphatic rings. The molecule has 0 saturated carbocycles. The number of ether oxygens (including phenoxy) is 1. The van der Waals surface area contributed by atoms with Gasteiger partial charge >= 0.3 is 0 Å². The van der Waals surface area contributed by atoms with Crippen molar-refractivity contribution in [3.63, 3.8) is 0 Å². The van der Waals surface area contributed by atoms with Crippen LogP contribution in [0, 0.1) is 0 Å². The van der Waals surface area contributed by atoms with Crippen molar-refractivity contribution in [2.75, 3.05) is 13.1 Å². The lowest BCUT2D eigenvalue weighted by Gasteiger charge is -2.15. The molecule has 1 aromatic rings. The molecule has 1 rings (SSSR count).